The minimum atomic E-state index is 0.343. The van der Waals surface area contributed by atoms with Gasteiger partial charge in [0.05, 0.1) is 0 Å². The maximum Gasteiger partial charge on any atom is 0.0462 e. The highest BCUT2D eigenvalue weighted by molar-refractivity contribution is 9.14. The van der Waals surface area contributed by atoms with Crippen LogP contribution in [0.3, 0.4) is 0 Å². The van der Waals surface area contributed by atoms with Crippen LogP contribution in [0, 0.1) is 5.92 Å². The minimum absolute atomic E-state index is 0.343. The van der Waals surface area contributed by atoms with Crippen LogP contribution in [-0.4, -0.2) is 5.33 Å². The predicted molar refractivity (Wildman–Crippen MR) is 84.2 cm³/mol. The van der Waals surface area contributed by atoms with Crippen LogP contribution in [0.2, 0.25) is 0 Å². The van der Waals surface area contributed by atoms with Crippen molar-refractivity contribution in [1.29, 1.82) is 0 Å². The number of hydrogen-bond acceptors (Lipinski definition) is 0. The Balaban J connectivity index is 3.10. The van der Waals surface area contributed by atoms with Gasteiger partial charge in [0.1, 0.15) is 0 Å². The molecule has 0 amide bonds. The Morgan fingerprint density at radius 1 is 1.13 bits per heavy atom. The van der Waals surface area contributed by atoms with Gasteiger partial charge in [-0.1, -0.05) is 44.8 Å². The van der Waals surface area contributed by atoms with Crippen molar-refractivity contribution in [2.45, 2.75) is 11.8 Å². The number of hydrogen-bond donors (Lipinski definition) is 0. The maximum atomic E-state index is 3.72. The van der Waals surface area contributed by atoms with Crippen LogP contribution in [-0.2, 0) is 0 Å². The van der Waals surface area contributed by atoms with Crippen molar-refractivity contribution >= 4 is 79.6 Å². The lowest BCUT2D eigenvalue weighted by Crippen LogP contribution is -2.05. The molecule has 0 aliphatic carbocycles. The highest BCUT2D eigenvalue weighted by Crippen LogP contribution is 2.41. The fourth-order valence-corrected chi connectivity index (χ4v) is 4.44. The number of alkyl halides is 2. The third-order valence-electron chi connectivity index (χ3n) is 2.11. The van der Waals surface area contributed by atoms with Crippen LogP contribution in [0.5, 0.6) is 0 Å². The molecule has 15 heavy (non-hydrogen) atoms. The van der Waals surface area contributed by atoms with Gasteiger partial charge in [0.25, 0.3) is 0 Å². The highest BCUT2D eigenvalue weighted by atomic mass is 79.9. The average Bonchev–Trinajstić information content (AvgIpc) is 2.24. The van der Waals surface area contributed by atoms with E-state index in [2.05, 4.69) is 98.7 Å². The van der Waals surface area contributed by atoms with Crippen LogP contribution in [0.4, 0.5) is 0 Å². The summed E-state index contributed by atoms with van der Waals surface area (Å²) in [4.78, 5) is 0.343. The van der Waals surface area contributed by atoms with Crippen LogP contribution < -0.4 is 0 Å². The lowest BCUT2D eigenvalue weighted by atomic mass is 10.0. The summed E-state index contributed by atoms with van der Waals surface area (Å²) in [6.45, 7) is 2.20. The molecule has 1 rings (SSSR count). The fraction of sp³-hybridized carbons (Fsp3) is 0.400. The van der Waals surface area contributed by atoms with Gasteiger partial charge in [-0.2, -0.15) is 0 Å². The Hall–Kier alpha value is 1.62. The van der Waals surface area contributed by atoms with Gasteiger partial charge in [-0.05, 0) is 65.3 Å². The molecule has 0 nitrogen and oxygen atoms in total. The first-order chi connectivity index (χ1) is 6.99. The Kier molecular flexibility index (Phi) is 6.39. The second-order valence-electron chi connectivity index (χ2n) is 3.30. The Morgan fingerprint density at radius 2 is 1.73 bits per heavy atom. The molecule has 0 saturated carbocycles. The van der Waals surface area contributed by atoms with Crippen molar-refractivity contribution in [3.8, 4) is 0 Å². The molecule has 0 fully saturated rings. The van der Waals surface area contributed by atoms with Crippen LogP contribution >= 0.6 is 79.6 Å². The summed E-state index contributed by atoms with van der Waals surface area (Å²) in [5.41, 5.74) is 1.26. The molecular formula is C10H9Br5. The molecule has 0 heterocycles. The molecule has 1 aromatic carbocycles. The molecule has 0 radical (unpaired) electrons. The van der Waals surface area contributed by atoms with Crippen molar-refractivity contribution < 1.29 is 0 Å². The molecule has 0 aliphatic heterocycles. The van der Waals surface area contributed by atoms with Gasteiger partial charge in [-0.25, -0.2) is 0 Å². The zero-order chi connectivity index (χ0) is 11.6. The van der Waals surface area contributed by atoms with E-state index in [0.717, 1.165) is 18.7 Å². The highest BCUT2D eigenvalue weighted by Gasteiger charge is 2.19. The summed E-state index contributed by atoms with van der Waals surface area (Å²) in [7, 11) is 0. The summed E-state index contributed by atoms with van der Waals surface area (Å²) in [5, 5.41) is 0.975. The smallest absolute Gasteiger partial charge is 0.0462 e. The van der Waals surface area contributed by atoms with E-state index in [1.165, 1.54) is 5.56 Å². The van der Waals surface area contributed by atoms with E-state index in [1.807, 2.05) is 0 Å². The van der Waals surface area contributed by atoms with Gasteiger partial charge in [0.15, 0.2) is 0 Å². The summed E-state index contributed by atoms with van der Waals surface area (Å²) >= 11 is 17.9. The number of benzene rings is 1. The van der Waals surface area contributed by atoms with Crippen LogP contribution in [0.1, 0.15) is 17.3 Å². The lowest BCUT2D eigenvalue weighted by Gasteiger charge is -2.18. The summed E-state index contributed by atoms with van der Waals surface area (Å²) in [6, 6.07) is 4.18. The first-order valence-electron chi connectivity index (χ1n) is 4.32. The normalized spacial score (nSPS) is 15.1. The minimum Gasteiger partial charge on any atom is -0.0925 e. The van der Waals surface area contributed by atoms with E-state index < -0.39 is 0 Å². The summed E-state index contributed by atoms with van der Waals surface area (Å²) in [5.74, 6) is 0.536. The van der Waals surface area contributed by atoms with Crippen LogP contribution in [0.15, 0.2) is 25.6 Å². The molecule has 0 aliphatic rings. The van der Waals surface area contributed by atoms with Crippen molar-refractivity contribution in [1.82, 2.24) is 0 Å². The largest absolute Gasteiger partial charge is 0.0925 e. The quantitative estimate of drug-likeness (QED) is 0.313. The van der Waals surface area contributed by atoms with Crippen molar-refractivity contribution in [3.63, 3.8) is 0 Å². The van der Waals surface area contributed by atoms with Gasteiger partial charge in [0.2, 0.25) is 0 Å². The molecule has 0 bridgehead atoms. The predicted octanol–water partition coefficient (Wildman–Crippen LogP) is 6.44. The monoisotopic (exact) mass is 524 g/mol. The molecule has 2 atom stereocenters. The van der Waals surface area contributed by atoms with Gasteiger partial charge < -0.3 is 0 Å². The fourth-order valence-electron chi connectivity index (χ4n) is 1.14. The Bertz CT molecular complexity index is 350. The van der Waals surface area contributed by atoms with E-state index in [4.69, 9.17) is 0 Å². The van der Waals surface area contributed by atoms with E-state index in [-0.39, 0.29) is 0 Å². The first-order valence-corrected chi connectivity index (χ1v) is 8.74. The average molecular weight is 529 g/mol. The molecular weight excluding hydrogens is 520 g/mol. The lowest BCUT2D eigenvalue weighted by molar-refractivity contribution is 0.655. The molecule has 0 spiro atoms. The molecule has 0 N–H and O–H groups in total. The summed E-state index contributed by atoms with van der Waals surface area (Å²) < 4.78 is 3.22. The van der Waals surface area contributed by atoms with E-state index in [0.29, 0.717) is 10.7 Å². The molecule has 5 heteroatoms. The molecule has 84 valence electrons. The number of halogens is 5. The molecule has 2 unspecified atom stereocenters. The first kappa shape index (κ1) is 14.7. The zero-order valence-corrected chi connectivity index (χ0v) is 15.8. The van der Waals surface area contributed by atoms with Crippen molar-refractivity contribution in [3.05, 3.63) is 31.1 Å². The SMILES string of the molecule is CC(CBr)C(Br)c1ccc(Br)c(Br)c1Br. The number of rotatable bonds is 3. The van der Waals surface area contributed by atoms with E-state index in [1.54, 1.807) is 0 Å². The third-order valence-corrected chi connectivity index (χ3v) is 7.93. The molecule has 0 saturated heterocycles. The topological polar surface area (TPSA) is 0 Å². The summed E-state index contributed by atoms with van der Waals surface area (Å²) in [6.07, 6.45) is 0. The second-order valence-corrected chi connectivity index (χ2v) is 7.37. The van der Waals surface area contributed by atoms with E-state index >= 15 is 0 Å². The Morgan fingerprint density at radius 3 is 2.27 bits per heavy atom. The van der Waals surface area contributed by atoms with Gasteiger partial charge >= 0.3 is 0 Å². The zero-order valence-electron chi connectivity index (χ0n) is 7.91. The second kappa shape index (κ2) is 6.53. The van der Waals surface area contributed by atoms with Gasteiger partial charge in [-0.15, -0.1) is 0 Å². The van der Waals surface area contributed by atoms with Crippen molar-refractivity contribution in [2.75, 3.05) is 5.33 Å². The van der Waals surface area contributed by atoms with Crippen LogP contribution in [0.25, 0.3) is 0 Å². The Labute approximate surface area is 132 Å². The molecule has 0 aromatic heterocycles. The van der Waals surface area contributed by atoms with Gasteiger partial charge in [-0.3, -0.25) is 0 Å². The van der Waals surface area contributed by atoms with Gasteiger partial charge in [0, 0.05) is 23.6 Å². The molecule has 1 aromatic rings. The van der Waals surface area contributed by atoms with E-state index in [9.17, 15) is 0 Å². The van der Waals surface area contributed by atoms with Crippen molar-refractivity contribution in [2.24, 2.45) is 5.92 Å². The third kappa shape index (κ3) is 3.54. The standard InChI is InChI=1S/C10H9Br5/c1-5(4-11)8(13)6-2-3-7(12)10(15)9(6)14/h2-3,5,8H,4H2,1H3. The maximum absolute atomic E-state index is 3.72.